The molecule has 0 radical (unpaired) electrons. The van der Waals surface area contributed by atoms with E-state index in [9.17, 15) is 25.3 Å². The summed E-state index contributed by atoms with van der Waals surface area (Å²) in [6.07, 6.45) is 2.99. The summed E-state index contributed by atoms with van der Waals surface area (Å²) in [5.41, 5.74) is -0.0161. The van der Waals surface area contributed by atoms with E-state index in [1.807, 2.05) is 18.2 Å². The fourth-order valence-corrected chi connectivity index (χ4v) is 2.53. The summed E-state index contributed by atoms with van der Waals surface area (Å²) in [4.78, 5) is 20.6. The largest absolute Gasteiger partial charge is 0.507 e. The SMILES string of the molecule is O=[N+]([O-])c1ccc(/C=C/c2ccc3ccccc3c2O)c([N+](=O)[O-])c1. The summed E-state index contributed by atoms with van der Waals surface area (Å²) < 4.78 is 0. The molecule has 7 heteroatoms. The van der Waals surface area contributed by atoms with Crippen LogP contribution in [-0.4, -0.2) is 15.0 Å². The van der Waals surface area contributed by atoms with E-state index in [0.717, 1.165) is 11.5 Å². The van der Waals surface area contributed by atoms with Gasteiger partial charge in [-0.15, -0.1) is 0 Å². The van der Waals surface area contributed by atoms with Gasteiger partial charge in [-0.05, 0) is 17.5 Å². The first-order valence-electron chi connectivity index (χ1n) is 7.29. The Labute approximate surface area is 141 Å². The molecule has 0 aliphatic rings. The van der Waals surface area contributed by atoms with Crippen LogP contribution in [0.1, 0.15) is 11.1 Å². The molecule has 1 N–H and O–H groups in total. The Kier molecular flexibility index (Phi) is 4.13. The first-order valence-corrected chi connectivity index (χ1v) is 7.29. The van der Waals surface area contributed by atoms with Crippen LogP contribution in [0.4, 0.5) is 11.4 Å². The maximum atomic E-state index is 11.1. The first kappa shape index (κ1) is 16.1. The average Bonchev–Trinajstić information content (AvgIpc) is 2.61. The molecule has 0 aliphatic heterocycles. The van der Waals surface area contributed by atoms with E-state index >= 15 is 0 Å². The maximum Gasteiger partial charge on any atom is 0.283 e. The minimum atomic E-state index is -0.685. The minimum absolute atomic E-state index is 0.0684. The number of non-ortho nitro benzene ring substituents is 1. The topological polar surface area (TPSA) is 107 Å². The van der Waals surface area contributed by atoms with Crippen molar-refractivity contribution in [1.82, 2.24) is 0 Å². The lowest BCUT2D eigenvalue weighted by Crippen LogP contribution is -1.94. The Balaban J connectivity index is 2.04. The van der Waals surface area contributed by atoms with Crippen LogP contribution in [0.25, 0.3) is 22.9 Å². The van der Waals surface area contributed by atoms with Crippen LogP contribution in [0.2, 0.25) is 0 Å². The third kappa shape index (κ3) is 3.16. The second kappa shape index (κ2) is 6.40. The van der Waals surface area contributed by atoms with Crippen LogP contribution in [0.3, 0.4) is 0 Å². The standard InChI is InChI=1S/C18H12N2O5/c21-18-14(7-5-12-3-1-2-4-16(12)18)8-6-13-9-10-15(19(22)23)11-17(13)20(24)25/h1-11,21H/b8-6+. The van der Waals surface area contributed by atoms with Gasteiger partial charge in [0.25, 0.3) is 11.4 Å². The van der Waals surface area contributed by atoms with Gasteiger partial charge in [0.15, 0.2) is 0 Å². The van der Waals surface area contributed by atoms with Gasteiger partial charge in [-0.2, -0.15) is 0 Å². The molecule has 25 heavy (non-hydrogen) atoms. The Morgan fingerprint density at radius 3 is 2.24 bits per heavy atom. The first-order chi connectivity index (χ1) is 12.0. The number of rotatable bonds is 4. The maximum absolute atomic E-state index is 11.1. The molecular formula is C18H12N2O5. The molecule has 0 aliphatic carbocycles. The lowest BCUT2D eigenvalue weighted by molar-refractivity contribution is -0.394. The van der Waals surface area contributed by atoms with Gasteiger partial charge in [0, 0.05) is 17.0 Å². The highest BCUT2D eigenvalue weighted by molar-refractivity contribution is 5.92. The van der Waals surface area contributed by atoms with Gasteiger partial charge < -0.3 is 5.11 Å². The van der Waals surface area contributed by atoms with E-state index in [0.29, 0.717) is 10.9 Å². The van der Waals surface area contributed by atoms with Gasteiger partial charge in [0.05, 0.1) is 21.5 Å². The van der Waals surface area contributed by atoms with Crippen molar-refractivity contribution in [2.24, 2.45) is 0 Å². The summed E-state index contributed by atoms with van der Waals surface area (Å²) in [5, 5.41) is 33.8. The summed E-state index contributed by atoms with van der Waals surface area (Å²) in [7, 11) is 0. The van der Waals surface area contributed by atoms with E-state index in [-0.39, 0.29) is 22.7 Å². The zero-order chi connectivity index (χ0) is 18.0. The molecule has 0 fully saturated rings. The molecule has 7 nitrogen and oxygen atoms in total. The van der Waals surface area contributed by atoms with Crippen molar-refractivity contribution in [1.29, 1.82) is 0 Å². The molecule has 3 aromatic carbocycles. The van der Waals surface area contributed by atoms with E-state index in [4.69, 9.17) is 0 Å². The van der Waals surface area contributed by atoms with Crippen molar-refractivity contribution in [2.45, 2.75) is 0 Å². The highest BCUT2D eigenvalue weighted by Gasteiger charge is 2.17. The summed E-state index contributed by atoms with van der Waals surface area (Å²) in [5.74, 6) is 0.0684. The molecule has 0 bridgehead atoms. The van der Waals surface area contributed by atoms with E-state index in [1.165, 1.54) is 24.3 Å². The smallest absolute Gasteiger partial charge is 0.283 e. The van der Waals surface area contributed by atoms with Gasteiger partial charge in [-0.25, -0.2) is 0 Å². The van der Waals surface area contributed by atoms with Crippen LogP contribution in [0.15, 0.2) is 54.6 Å². The fourth-order valence-electron chi connectivity index (χ4n) is 2.53. The van der Waals surface area contributed by atoms with E-state index in [1.54, 1.807) is 18.2 Å². The normalized spacial score (nSPS) is 11.0. The highest BCUT2D eigenvalue weighted by atomic mass is 16.6. The predicted molar refractivity (Wildman–Crippen MR) is 94.3 cm³/mol. The monoisotopic (exact) mass is 336 g/mol. The number of hydrogen-bond acceptors (Lipinski definition) is 5. The molecule has 124 valence electrons. The zero-order valence-corrected chi connectivity index (χ0v) is 12.8. The van der Waals surface area contributed by atoms with Crippen LogP contribution < -0.4 is 0 Å². The molecule has 0 amide bonds. The molecule has 0 saturated carbocycles. The third-order valence-electron chi connectivity index (χ3n) is 3.80. The quantitative estimate of drug-likeness (QED) is 0.428. The molecule has 0 unspecified atom stereocenters. The number of phenols is 1. The lowest BCUT2D eigenvalue weighted by atomic mass is 10.0. The molecule has 0 aromatic heterocycles. The lowest BCUT2D eigenvalue weighted by Gasteiger charge is -2.04. The molecular weight excluding hydrogens is 324 g/mol. The Morgan fingerprint density at radius 2 is 1.52 bits per heavy atom. The summed E-state index contributed by atoms with van der Waals surface area (Å²) >= 11 is 0. The van der Waals surface area contributed by atoms with Gasteiger partial charge in [-0.3, -0.25) is 20.2 Å². The number of benzene rings is 3. The van der Waals surface area contributed by atoms with Gasteiger partial charge in [0.1, 0.15) is 5.75 Å². The highest BCUT2D eigenvalue weighted by Crippen LogP contribution is 2.31. The minimum Gasteiger partial charge on any atom is -0.507 e. The number of nitrogens with zero attached hydrogens (tertiary/aromatic N) is 2. The van der Waals surface area contributed by atoms with Crippen molar-refractivity contribution in [3.8, 4) is 5.75 Å². The van der Waals surface area contributed by atoms with Crippen molar-refractivity contribution in [3.63, 3.8) is 0 Å². The van der Waals surface area contributed by atoms with Gasteiger partial charge >= 0.3 is 0 Å². The summed E-state index contributed by atoms with van der Waals surface area (Å²) in [6.45, 7) is 0. The molecule has 0 heterocycles. The zero-order valence-electron chi connectivity index (χ0n) is 12.8. The van der Waals surface area contributed by atoms with E-state index < -0.39 is 9.85 Å². The number of aromatic hydroxyl groups is 1. The van der Waals surface area contributed by atoms with Crippen molar-refractivity contribution >= 4 is 34.3 Å². The predicted octanol–water partition coefficient (Wildman–Crippen LogP) is 4.53. The van der Waals surface area contributed by atoms with Crippen LogP contribution in [0.5, 0.6) is 5.75 Å². The average molecular weight is 336 g/mol. The second-order valence-electron chi connectivity index (χ2n) is 5.32. The Morgan fingerprint density at radius 1 is 0.840 bits per heavy atom. The molecule has 3 rings (SSSR count). The second-order valence-corrected chi connectivity index (χ2v) is 5.32. The van der Waals surface area contributed by atoms with Crippen LogP contribution >= 0.6 is 0 Å². The van der Waals surface area contributed by atoms with Crippen LogP contribution in [-0.2, 0) is 0 Å². The van der Waals surface area contributed by atoms with Crippen molar-refractivity contribution in [3.05, 3.63) is 86.0 Å². The number of phenolic OH excluding ortho intramolecular Hbond substituents is 1. The molecule has 0 saturated heterocycles. The Bertz CT molecular complexity index is 1030. The molecule has 0 spiro atoms. The van der Waals surface area contributed by atoms with Gasteiger partial charge in [0.2, 0.25) is 0 Å². The fraction of sp³-hybridized carbons (Fsp3) is 0. The molecule has 3 aromatic rings. The van der Waals surface area contributed by atoms with Gasteiger partial charge in [-0.1, -0.05) is 42.5 Å². The van der Waals surface area contributed by atoms with Crippen molar-refractivity contribution < 1.29 is 15.0 Å². The number of fused-ring (bicyclic) bond motifs is 1. The summed E-state index contributed by atoms with van der Waals surface area (Å²) in [6, 6.07) is 14.3. The van der Waals surface area contributed by atoms with E-state index in [2.05, 4.69) is 0 Å². The third-order valence-corrected chi connectivity index (χ3v) is 3.80. The van der Waals surface area contributed by atoms with Crippen molar-refractivity contribution in [2.75, 3.05) is 0 Å². The number of nitro groups is 2. The number of hydrogen-bond donors (Lipinski definition) is 1. The van der Waals surface area contributed by atoms with Crippen LogP contribution in [0, 0.1) is 20.2 Å². The number of nitro benzene ring substituents is 2. The Hall–Kier alpha value is -3.74. The molecule has 0 atom stereocenters.